The maximum Gasteiger partial charge on any atom is 0.347 e. The van der Waals surface area contributed by atoms with Crippen molar-refractivity contribution >= 4 is 16.8 Å². The van der Waals surface area contributed by atoms with E-state index in [1.807, 2.05) is 0 Å². The van der Waals surface area contributed by atoms with Crippen molar-refractivity contribution in [1.29, 1.82) is 0 Å². The Bertz CT molecular complexity index is 868. The minimum atomic E-state index is -0.599. The van der Waals surface area contributed by atoms with Crippen LogP contribution in [0.15, 0.2) is 57.7 Å². The first-order valence-corrected chi connectivity index (χ1v) is 5.96. The van der Waals surface area contributed by atoms with Gasteiger partial charge in [-0.05, 0) is 24.3 Å². The highest BCUT2D eigenvalue weighted by molar-refractivity contribution is 5.99. The molecule has 0 aliphatic rings. The van der Waals surface area contributed by atoms with Crippen molar-refractivity contribution in [1.82, 2.24) is 4.98 Å². The number of fused-ring (bicyclic) bond motifs is 1. The first kappa shape index (κ1) is 12.1. The zero-order valence-corrected chi connectivity index (χ0v) is 10.4. The SMILES string of the molecule is NC(=O)c1ccccc1-c1nc2ccccc2c(=O)o1. The number of carbonyl (C=O) groups excluding carboxylic acids is 1. The van der Waals surface area contributed by atoms with Crippen LogP contribution in [0.1, 0.15) is 10.4 Å². The van der Waals surface area contributed by atoms with Crippen molar-refractivity contribution in [2.45, 2.75) is 0 Å². The predicted molar refractivity (Wildman–Crippen MR) is 74.2 cm³/mol. The average Bonchev–Trinajstić information content (AvgIpc) is 2.47. The molecule has 3 rings (SSSR count). The van der Waals surface area contributed by atoms with Crippen molar-refractivity contribution in [2.24, 2.45) is 5.73 Å². The number of carbonyl (C=O) groups is 1. The molecule has 0 spiro atoms. The Hall–Kier alpha value is -2.95. The molecule has 0 bridgehead atoms. The Labute approximate surface area is 113 Å². The molecule has 0 atom stereocenters. The molecule has 2 N–H and O–H groups in total. The van der Waals surface area contributed by atoms with Crippen LogP contribution in [0, 0.1) is 0 Å². The molecule has 20 heavy (non-hydrogen) atoms. The summed E-state index contributed by atoms with van der Waals surface area (Å²) in [7, 11) is 0. The van der Waals surface area contributed by atoms with E-state index >= 15 is 0 Å². The number of aromatic nitrogens is 1. The van der Waals surface area contributed by atoms with Crippen LogP contribution in [0.5, 0.6) is 0 Å². The fourth-order valence-electron chi connectivity index (χ4n) is 2.02. The molecular weight excluding hydrogens is 256 g/mol. The Balaban J connectivity index is 2.31. The summed E-state index contributed by atoms with van der Waals surface area (Å²) >= 11 is 0. The molecule has 98 valence electrons. The van der Waals surface area contributed by atoms with Crippen LogP contribution >= 0.6 is 0 Å². The summed E-state index contributed by atoms with van der Waals surface area (Å²) in [4.78, 5) is 27.6. The molecule has 0 radical (unpaired) electrons. The van der Waals surface area contributed by atoms with Crippen molar-refractivity contribution in [2.75, 3.05) is 0 Å². The van der Waals surface area contributed by atoms with Crippen molar-refractivity contribution in [3.05, 3.63) is 64.5 Å². The summed E-state index contributed by atoms with van der Waals surface area (Å²) in [6.07, 6.45) is 0. The lowest BCUT2D eigenvalue weighted by Crippen LogP contribution is -2.13. The maximum absolute atomic E-state index is 11.9. The van der Waals surface area contributed by atoms with E-state index in [2.05, 4.69) is 4.98 Å². The van der Waals surface area contributed by atoms with Gasteiger partial charge in [0.25, 0.3) is 0 Å². The lowest BCUT2D eigenvalue weighted by Gasteiger charge is -2.05. The molecule has 0 aliphatic heterocycles. The quantitative estimate of drug-likeness (QED) is 0.768. The monoisotopic (exact) mass is 266 g/mol. The molecule has 0 saturated carbocycles. The second kappa shape index (κ2) is 4.62. The van der Waals surface area contributed by atoms with Gasteiger partial charge in [-0.2, -0.15) is 0 Å². The van der Waals surface area contributed by atoms with Gasteiger partial charge in [-0.1, -0.05) is 24.3 Å². The Morgan fingerprint density at radius 1 is 1.05 bits per heavy atom. The molecule has 0 saturated heterocycles. The van der Waals surface area contributed by atoms with Gasteiger partial charge >= 0.3 is 5.63 Å². The van der Waals surface area contributed by atoms with Crippen molar-refractivity contribution in [3.8, 4) is 11.5 Å². The zero-order chi connectivity index (χ0) is 14.1. The fourth-order valence-corrected chi connectivity index (χ4v) is 2.02. The summed E-state index contributed by atoms with van der Waals surface area (Å²) in [6, 6.07) is 13.5. The van der Waals surface area contributed by atoms with E-state index in [1.165, 1.54) is 0 Å². The number of amides is 1. The van der Waals surface area contributed by atoms with Crippen LogP contribution in [-0.4, -0.2) is 10.9 Å². The van der Waals surface area contributed by atoms with Gasteiger partial charge in [-0.25, -0.2) is 9.78 Å². The first-order chi connectivity index (χ1) is 9.66. The fraction of sp³-hybridized carbons (Fsp3) is 0. The smallest absolute Gasteiger partial charge is 0.347 e. The Morgan fingerprint density at radius 2 is 1.75 bits per heavy atom. The highest BCUT2D eigenvalue weighted by Crippen LogP contribution is 2.22. The summed E-state index contributed by atoms with van der Waals surface area (Å²) < 4.78 is 5.19. The average molecular weight is 266 g/mol. The molecule has 2 aromatic carbocycles. The molecule has 1 amide bonds. The van der Waals surface area contributed by atoms with Crippen molar-refractivity contribution < 1.29 is 9.21 Å². The van der Waals surface area contributed by atoms with Crippen LogP contribution in [-0.2, 0) is 0 Å². The number of nitrogens with zero attached hydrogens (tertiary/aromatic N) is 1. The number of hydrogen-bond donors (Lipinski definition) is 1. The third-order valence-electron chi connectivity index (χ3n) is 2.96. The van der Waals surface area contributed by atoms with Gasteiger partial charge in [0.05, 0.1) is 22.0 Å². The molecule has 5 nitrogen and oxygen atoms in total. The molecule has 1 aromatic heterocycles. The van der Waals surface area contributed by atoms with Gasteiger partial charge < -0.3 is 10.2 Å². The van der Waals surface area contributed by atoms with Crippen LogP contribution in [0.25, 0.3) is 22.4 Å². The second-order valence-corrected chi connectivity index (χ2v) is 4.23. The maximum atomic E-state index is 11.9. The van der Waals surface area contributed by atoms with Gasteiger partial charge in [0, 0.05) is 0 Å². The molecule has 0 unspecified atom stereocenters. The van der Waals surface area contributed by atoms with E-state index in [9.17, 15) is 9.59 Å². The Kier molecular flexibility index (Phi) is 2.80. The standard InChI is InChI=1S/C15H10N2O3/c16-13(18)9-5-1-2-6-10(9)14-17-12-8-4-3-7-11(12)15(19)20-14/h1-8H,(H2,16,18). The minimum absolute atomic E-state index is 0.0862. The van der Waals surface area contributed by atoms with E-state index in [0.29, 0.717) is 16.5 Å². The van der Waals surface area contributed by atoms with E-state index in [1.54, 1.807) is 48.5 Å². The molecular formula is C15H10N2O3. The third kappa shape index (κ3) is 1.95. The lowest BCUT2D eigenvalue weighted by molar-refractivity contribution is 0.100. The second-order valence-electron chi connectivity index (χ2n) is 4.23. The number of nitrogens with two attached hydrogens (primary N) is 1. The molecule has 0 aliphatic carbocycles. The van der Waals surface area contributed by atoms with Gasteiger partial charge in [0.1, 0.15) is 0 Å². The highest BCUT2D eigenvalue weighted by Gasteiger charge is 2.14. The third-order valence-corrected chi connectivity index (χ3v) is 2.96. The van der Waals surface area contributed by atoms with E-state index in [-0.39, 0.29) is 11.5 Å². The molecule has 1 heterocycles. The van der Waals surface area contributed by atoms with Crippen LogP contribution in [0.4, 0.5) is 0 Å². The van der Waals surface area contributed by atoms with E-state index in [4.69, 9.17) is 10.2 Å². The lowest BCUT2D eigenvalue weighted by atomic mass is 10.1. The zero-order valence-electron chi connectivity index (χ0n) is 10.4. The molecule has 5 heteroatoms. The summed E-state index contributed by atoms with van der Waals surface area (Å²) in [6.45, 7) is 0. The summed E-state index contributed by atoms with van der Waals surface area (Å²) in [5.74, 6) is -0.513. The number of hydrogen-bond acceptors (Lipinski definition) is 4. The minimum Gasteiger partial charge on any atom is -0.403 e. The number of primary amides is 1. The largest absolute Gasteiger partial charge is 0.403 e. The van der Waals surface area contributed by atoms with E-state index in [0.717, 1.165) is 0 Å². The first-order valence-electron chi connectivity index (χ1n) is 5.96. The van der Waals surface area contributed by atoms with Crippen molar-refractivity contribution in [3.63, 3.8) is 0 Å². The topological polar surface area (TPSA) is 86.2 Å². The summed E-state index contributed by atoms with van der Waals surface area (Å²) in [5, 5.41) is 0.396. The molecule has 0 fully saturated rings. The number of benzene rings is 2. The van der Waals surface area contributed by atoms with Gasteiger partial charge in [0.2, 0.25) is 11.8 Å². The van der Waals surface area contributed by atoms with E-state index < -0.39 is 11.5 Å². The van der Waals surface area contributed by atoms with Crippen LogP contribution < -0.4 is 11.4 Å². The number of para-hydroxylation sites is 1. The van der Waals surface area contributed by atoms with Crippen LogP contribution in [0.2, 0.25) is 0 Å². The highest BCUT2D eigenvalue weighted by atomic mass is 16.4. The predicted octanol–water partition coefficient (Wildman–Crippen LogP) is 1.95. The Morgan fingerprint density at radius 3 is 2.55 bits per heavy atom. The van der Waals surface area contributed by atoms with Gasteiger partial charge in [0.15, 0.2) is 0 Å². The van der Waals surface area contributed by atoms with Crippen LogP contribution in [0.3, 0.4) is 0 Å². The van der Waals surface area contributed by atoms with Gasteiger partial charge in [-0.3, -0.25) is 4.79 Å². The molecule has 3 aromatic rings. The summed E-state index contributed by atoms with van der Waals surface area (Å²) in [5.41, 5.74) is 6.00. The number of rotatable bonds is 2. The normalized spacial score (nSPS) is 10.6. The van der Waals surface area contributed by atoms with Gasteiger partial charge in [-0.15, -0.1) is 0 Å².